The predicted molar refractivity (Wildman–Crippen MR) is 58.7 cm³/mol. The van der Waals surface area contributed by atoms with Gasteiger partial charge < -0.3 is 15.7 Å². The van der Waals surface area contributed by atoms with E-state index in [1.807, 2.05) is 0 Å². The first-order valence-electron chi connectivity index (χ1n) is 5.30. The lowest BCUT2D eigenvalue weighted by atomic mass is 9.82. The van der Waals surface area contributed by atoms with Gasteiger partial charge in [0.05, 0.1) is 18.0 Å². The zero-order valence-corrected chi connectivity index (χ0v) is 9.18. The summed E-state index contributed by atoms with van der Waals surface area (Å²) in [7, 11) is 1.73. The number of aliphatic hydroxyl groups excluding tert-OH is 1. The molecule has 1 heterocycles. The Morgan fingerprint density at radius 3 is 2.94 bits per heavy atom. The van der Waals surface area contributed by atoms with E-state index in [2.05, 4.69) is 10.2 Å². The van der Waals surface area contributed by atoms with Crippen molar-refractivity contribution in [1.82, 2.24) is 15.1 Å². The largest absolute Gasteiger partial charge is 0.396 e. The van der Waals surface area contributed by atoms with Crippen LogP contribution in [0.4, 0.5) is 5.69 Å². The highest BCUT2D eigenvalue weighted by molar-refractivity contribution is 5.96. The molecule has 0 spiro atoms. The first kappa shape index (κ1) is 10.9. The number of amides is 1. The number of nitrogens with zero attached hydrogens (tertiary/aromatic N) is 2. The number of carbonyl (C=O) groups is 1. The molecule has 0 saturated heterocycles. The molecule has 0 bridgehead atoms. The van der Waals surface area contributed by atoms with Gasteiger partial charge in [-0.3, -0.25) is 9.89 Å². The van der Waals surface area contributed by atoms with Gasteiger partial charge in [-0.15, -0.1) is 0 Å². The van der Waals surface area contributed by atoms with Crippen molar-refractivity contribution in [3.8, 4) is 0 Å². The van der Waals surface area contributed by atoms with Gasteiger partial charge in [0.25, 0.3) is 5.91 Å². The summed E-state index contributed by atoms with van der Waals surface area (Å²) in [5.74, 6) is 0.240. The molecule has 0 unspecified atom stereocenters. The lowest BCUT2D eigenvalue weighted by molar-refractivity contribution is 0.0264. The number of nitrogens with one attached hydrogen (secondary N) is 1. The molecule has 1 aliphatic rings. The Morgan fingerprint density at radius 2 is 2.44 bits per heavy atom. The molecule has 0 atom stereocenters. The summed E-state index contributed by atoms with van der Waals surface area (Å²) < 4.78 is 0. The van der Waals surface area contributed by atoms with Crippen molar-refractivity contribution >= 4 is 11.6 Å². The van der Waals surface area contributed by atoms with Crippen LogP contribution in [0.15, 0.2) is 6.20 Å². The van der Waals surface area contributed by atoms with Crippen LogP contribution in [0.25, 0.3) is 0 Å². The maximum absolute atomic E-state index is 11.9. The topological polar surface area (TPSA) is 95.2 Å². The van der Waals surface area contributed by atoms with Gasteiger partial charge in [0.15, 0.2) is 0 Å². The van der Waals surface area contributed by atoms with Crippen molar-refractivity contribution in [1.29, 1.82) is 0 Å². The molecule has 1 aromatic heterocycles. The number of nitrogens with two attached hydrogens (primary N) is 1. The maximum Gasteiger partial charge on any atom is 0.273 e. The van der Waals surface area contributed by atoms with Gasteiger partial charge in [0.1, 0.15) is 5.69 Å². The van der Waals surface area contributed by atoms with Crippen LogP contribution < -0.4 is 5.73 Å². The Hall–Kier alpha value is -1.56. The summed E-state index contributed by atoms with van der Waals surface area (Å²) >= 11 is 0. The average molecular weight is 224 g/mol. The second kappa shape index (κ2) is 4.13. The molecule has 1 amide bonds. The summed E-state index contributed by atoms with van der Waals surface area (Å²) in [5, 5.41) is 15.5. The van der Waals surface area contributed by atoms with Crippen LogP contribution >= 0.6 is 0 Å². The number of aliphatic hydroxyl groups is 1. The minimum absolute atomic E-state index is 0.156. The third-order valence-corrected chi connectivity index (χ3v) is 2.97. The Morgan fingerprint density at radius 1 is 1.75 bits per heavy atom. The highest BCUT2D eigenvalue weighted by Crippen LogP contribution is 2.27. The summed E-state index contributed by atoms with van der Waals surface area (Å²) in [6.45, 7) is 0.647. The number of nitrogen functional groups attached to an aromatic ring is 1. The standard InChI is InChI=1S/C10H16N4O2/c1-14(5-6-2-7(15)3-6)10(16)9-8(11)4-12-13-9/h4,6-7,15H,2-3,5,11H2,1H3,(H,12,13). The average Bonchev–Trinajstić information content (AvgIpc) is 2.61. The molecule has 0 aliphatic heterocycles. The van der Waals surface area contributed by atoms with Crippen molar-refractivity contribution < 1.29 is 9.90 Å². The zero-order chi connectivity index (χ0) is 11.7. The molecule has 0 radical (unpaired) electrons. The lowest BCUT2D eigenvalue weighted by Gasteiger charge is -2.34. The fraction of sp³-hybridized carbons (Fsp3) is 0.600. The fourth-order valence-corrected chi connectivity index (χ4v) is 1.98. The van der Waals surface area contributed by atoms with E-state index < -0.39 is 0 Å². The third kappa shape index (κ3) is 2.01. The summed E-state index contributed by atoms with van der Waals surface area (Å²) in [6.07, 6.45) is 2.78. The van der Waals surface area contributed by atoms with Gasteiger partial charge in [-0.1, -0.05) is 0 Å². The number of anilines is 1. The van der Waals surface area contributed by atoms with Crippen LogP contribution in [0.1, 0.15) is 23.3 Å². The molecule has 1 saturated carbocycles. The number of hydrogen-bond acceptors (Lipinski definition) is 4. The number of aromatic amines is 1. The van der Waals surface area contributed by atoms with Crippen molar-refractivity contribution in [3.05, 3.63) is 11.9 Å². The van der Waals surface area contributed by atoms with E-state index in [0.717, 1.165) is 12.8 Å². The van der Waals surface area contributed by atoms with E-state index >= 15 is 0 Å². The molecule has 6 nitrogen and oxygen atoms in total. The first-order valence-corrected chi connectivity index (χ1v) is 5.30. The van der Waals surface area contributed by atoms with Crippen molar-refractivity contribution in [3.63, 3.8) is 0 Å². The van der Waals surface area contributed by atoms with Crippen LogP contribution in [-0.4, -0.2) is 45.8 Å². The minimum atomic E-state index is -0.189. The molecule has 1 fully saturated rings. The molecule has 16 heavy (non-hydrogen) atoms. The maximum atomic E-state index is 11.9. The van der Waals surface area contributed by atoms with Gasteiger partial charge in [-0.25, -0.2) is 0 Å². The van der Waals surface area contributed by atoms with E-state index in [4.69, 9.17) is 10.8 Å². The zero-order valence-electron chi connectivity index (χ0n) is 9.18. The molecule has 4 N–H and O–H groups in total. The monoisotopic (exact) mass is 224 g/mol. The molecule has 6 heteroatoms. The van der Waals surface area contributed by atoms with E-state index in [9.17, 15) is 4.79 Å². The summed E-state index contributed by atoms with van der Waals surface area (Å²) in [6, 6.07) is 0. The van der Waals surface area contributed by atoms with Crippen LogP contribution in [0.3, 0.4) is 0 Å². The number of hydrogen-bond donors (Lipinski definition) is 3. The Balaban J connectivity index is 1.92. The lowest BCUT2D eigenvalue weighted by Crippen LogP contribution is -2.39. The smallest absolute Gasteiger partial charge is 0.273 e. The minimum Gasteiger partial charge on any atom is -0.396 e. The summed E-state index contributed by atoms with van der Waals surface area (Å²) in [4.78, 5) is 13.5. The first-order chi connectivity index (χ1) is 7.58. The van der Waals surface area contributed by atoms with Crippen LogP contribution in [-0.2, 0) is 0 Å². The van der Waals surface area contributed by atoms with E-state index in [0.29, 0.717) is 23.8 Å². The van der Waals surface area contributed by atoms with Crippen molar-refractivity contribution in [2.45, 2.75) is 18.9 Å². The van der Waals surface area contributed by atoms with E-state index in [-0.39, 0.29) is 12.0 Å². The SMILES string of the molecule is CN(CC1CC(O)C1)C(=O)c1[nH]ncc1N. The van der Waals surface area contributed by atoms with Gasteiger partial charge in [0, 0.05) is 13.6 Å². The molecule has 88 valence electrons. The van der Waals surface area contributed by atoms with Gasteiger partial charge in [-0.2, -0.15) is 5.10 Å². The number of H-pyrrole nitrogens is 1. The van der Waals surface area contributed by atoms with Crippen molar-refractivity contribution in [2.24, 2.45) is 5.92 Å². The van der Waals surface area contributed by atoms with Crippen molar-refractivity contribution in [2.75, 3.05) is 19.3 Å². The molecule has 1 aromatic rings. The second-order valence-electron chi connectivity index (χ2n) is 4.38. The Bertz CT molecular complexity index is 384. The molecule has 0 aromatic carbocycles. The van der Waals surface area contributed by atoms with Crippen LogP contribution in [0.5, 0.6) is 0 Å². The van der Waals surface area contributed by atoms with Crippen LogP contribution in [0.2, 0.25) is 0 Å². The van der Waals surface area contributed by atoms with Gasteiger partial charge >= 0.3 is 0 Å². The number of rotatable bonds is 3. The molecular weight excluding hydrogens is 208 g/mol. The molecule has 2 rings (SSSR count). The quantitative estimate of drug-likeness (QED) is 0.664. The fourth-order valence-electron chi connectivity index (χ4n) is 1.98. The van der Waals surface area contributed by atoms with Gasteiger partial charge in [0.2, 0.25) is 0 Å². The molecular formula is C10H16N4O2. The normalized spacial score (nSPS) is 23.9. The Labute approximate surface area is 93.4 Å². The summed E-state index contributed by atoms with van der Waals surface area (Å²) in [5.41, 5.74) is 6.30. The Kier molecular flexibility index (Phi) is 2.82. The number of aromatic nitrogens is 2. The van der Waals surface area contributed by atoms with Gasteiger partial charge in [-0.05, 0) is 18.8 Å². The van der Waals surface area contributed by atoms with E-state index in [1.54, 1.807) is 11.9 Å². The second-order valence-corrected chi connectivity index (χ2v) is 4.38. The third-order valence-electron chi connectivity index (χ3n) is 2.97. The highest BCUT2D eigenvalue weighted by Gasteiger charge is 2.29. The van der Waals surface area contributed by atoms with E-state index in [1.165, 1.54) is 6.20 Å². The predicted octanol–water partition coefficient (Wildman–Crippen LogP) is -0.165. The highest BCUT2D eigenvalue weighted by atomic mass is 16.3. The van der Waals surface area contributed by atoms with Crippen LogP contribution in [0, 0.1) is 5.92 Å². The molecule has 1 aliphatic carbocycles. The number of carbonyl (C=O) groups excluding carboxylic acids is 1.